The van der Waals surface area contributed by atoms with E-state index in [1.165, 1.54) is 0 Å². The number of ether oxygens (including phenoxy) is 2. The number of carboxylic acid groups (broad SMARTS) is 1. The molecule has 1 N–H and O–H groups in total. The number of amidine groups is 1. The molecule has 0 spiro atoms. The van der Waals surface area contributed by atoms with Crippen LogP contribution >= 0.6 is 27.5 Å². The molecule has 3 aliphatic rings. The van der Waals surface area contributed by atoms with Crippen molar-refractivity contribution in [3.05, 3.63) is 57.4 Å². The van der Waals surface area contributed by atoms with Crippen LogP contribution in [0.25, 0.3) is 0 Å². The van der Waals surface area contributed by atoms with Crippen LogP contribution in [0.2, 0.25) is 5.02 Å². The van der Waals surface area contributed by atoms with E-state index in [-0.39, 0.29) is 12.0 Å². The molecule has 0 saturated carbocycles. The molecule has 3 aliphatic heterocycles. The van der Waals surface area contributed by atoms with E-state index in [0.29, 0.717) is 22.9 Å². The van der Waals surface area contributed by atoms with Gasteiger partial charge in [-0.05, 0) is 71.1 Å². The number of carboxylic acids is 1. The quantitative estimate of drug-likeness (QED) is 0.486. The summed E-state index contributed by atoms with van der Waals surface area (Å²) in [5.74, 6) is 0.795. The van der Waals surface area contributed by atoms with Crippen LogP contribution in [0, 0.1) is 0 Å². The maximum absolute atomic E-state index is 11.1. The molecule has 7 nitrogen and oxygen atoms in total. The molecule has 0 aliphatic carbocycles. The fourth-order valence-electron chi connectivity index (χ4n) is 5.01. The number of aliphatic imine (C=N–C) groups is 1. The summed E-state index contributed by atoms with van der Waals surface area (Å²) >= 11 is 9.69. The lowest BCUT2D eigenvalue weighted by molar-refractivity contribution is -0.136. The zero-order valence-corrected chi connectivity index (χ0v) is 22.1. The Balaban J connectivity index is 1.42. The highest BCUT2D eigenvalue weighted by Crippen LogP contribution is 2.34. The third-order valence-corrected chi connectivity index (χ3v) is 7.48. The predicted molar refractivity (Wildman–Crippen MR) is 141 cm³/mol. The van der Waals surface area contributed by atoms with E-state index in [1.54, 1.807) is 18.2 Å². The highest BCUT2D eigenvalue weighted by atomic mass is 79.9. The highest BCUT2D eigenvalue weighted by molar-refractivity contribution is 9.11. The summed E-state index contributed by atoms with van der Waals surface area (Å²) in [6.07, 6.45) is 9.34. The second-order valence-electron chi connectivity index (χ2n) is 9.05. The Morgan fingerprint density at radius 2 is 2.00 bits per heavy atom. The van der Waals surface area contributed by atoms with E-state index < -0.39 is 5.97 Å². The SMILES string of the molecule is O=C(O)Cc1cc(Cl)cc(OCCC2(N3CCOCC3)CCN(/C3=N/C=C(/Br)C=C=CC3)CC2)c1. The van der Waals surface area contributed by atoms with Crippen LogP contribution in [0.1, 0.15) is 31.2 Å². The molecule has 188 valence electrons. The molecule has 2 fully saturated rings. The van der Waals surface area contributed by atoms with Crippen molar-refractivity contribution in [3.8, 4) is 5.75 Å². The average Bonchev–Trinajstić information content (AvgIpc) is 2.82. The van der Waals surface area contributed by atoms with Gasteiger partial charge in [-0.1, -0.05) is 11.6 Å². The molecule has 0 aromatic heterocycles. The third kappa shape index (κ3) is 7.21. The molecule has 1 aromatic carbocycles. The number of hydrogen-bond donors (Lipinski definition) is 1. The lowest BCUT2D eigenvalue weighted by Crippen LogP contribution is -2.59. The molecule has 0 atom stereocenters. The van der Waals surface area contributed by atoms with Gasteiger partial charge in [0.05, 0.1) is 26.2 Å². The van der Waals surface area contributed by atoms with Gasteiger partial charge < -0.3 is 19.5 Å². The van der Waals surface area contributed by atoms with Crippen molar-refractivity contribution in [2.45, 2.75) is 37.6 Å². The summed E-state index contributed by atoms with van der Waals surface area (Å²) in [7, 11) is 0. The van der Waals surface area contributed by atoms with Gasteiger partial charge in [-0.25, -0.2) is 4.99 Å². The van der Waals surface area contributed by atoms with Gasteiger partial charge in [0.1, 0.15) is 11.6 Å². The molecule has 0 unspecified atom stereocenters. The van der Waals surface area contributed by atoms with Gasteiger partial charge in [0.25, 0.3) is 0 Å². The smallest absolute Gasteiger partial charge is 0.307 e. The Hall–Kier alpha value is -2.09. The van der Waals surface area contributed by atoms with Crippen LogP contribution in [-0.2, 0) is 16.0 Å². The number of piperidine rings is 1. The number of carbonyl (C=O) groups is 1. The van der Waals surface area contributed by atoms with Gasteiger partial charge in [-0.15, -0.1) is 5.73 Å². The van der Waals surface area contributed by atoms with Crippen LogP contribution in [0.3, 0.4) is 0 Å². The Morgan fingerprint density at radius 3 is 2.74 bits per heavy atom. The van der Waals surface area contributed by atoms with Crippen LogP contribution in [0.15, 0.2) is 51.8 Å². The summed E-state index contributed by atoms with van der Waals surface area (Å²) in [6, 6.07) is 5.19. The molecular formula is C26H31BrClN3O4. The van der Waals surface area contributed by atoms with Crippen LogP contribution in [-0.4, -0.2) is 78.2 Å². The minimum absolute atomic E-state index is 0.0249. The summed E-state index contributed by atoms with van der Waals surface area (Å²) in [5, 5.41) is 9.59. The molecule has 35 heavy (non-hydrogen) atoms. The van der Waals surface area contributed by atoms with Gasteiger partial charge in [-0.3, -0.25) is 9.69 Å². The largest absolute Gasteiger partial charge is 0.493 e. The molecule has 1 aromatic rings. The second-order valence-corrected chi connectivity index (χ2v) is 10.4. The number of likely N-dealkylation sites (tertiary alicyclic amines) is 1. The average molecular weight is 565 g/mol. The summed E-state index contributed by atoms with van der Waals surface area (Å²) in [5.41, 5.74) is 3.85. The molecule has 3 heterocycles. The van der Waals surface area contributed by atoms with Crippen molar-refractivity contribution in [1.29, 1.82) is 0 Å². The normalized spacial score (nSPS) is 23.5. The highest BCUT2D eigenvalue weighted by Gasteiger charge is 2.40. The zero-order chi connectivity index (χ0) is 24.7. The summed E-state index contributed by atoms with van der Waals surface area (Å²) in [4.78, 5) is 20.8. The molecular weight excluding hydrogens is 534 g/mol. The Bertz CT molecular complexity index is 1040. The van der Waals surface area contributed by atoms with E-state index in [2.05, 4.69) is 31.5 Å². The number of hydrogen-bond acceptors (Lipinski definition) is 6. The number of allylic oxidation sites excluding steroid dienone is 1. The van der Waals surface area contributed by atoms with E-state index in [1.807, 2.05) is 18.4 Å². The molecule has 2 saturated heterocycles. The topological polar surface area (TPSA) is 74.6 Å². The maximum atomic E-state index is 11.1. The first kappa shape index (κ1) is 26.0. The summed E-state index contributed by atoms with van der Waals surface area (Å²) < 4.78 is 12.7. The Morgan fingerprint density at radius 1 is 1.23 bits per heavy atom. The van der Waals surface area contributed by atoms with Gasteiger partial charge >= 0.3 is 5.97 Å². The second kappa shape index (κ2) is 12.2. The third-order valence-electron chi connectivity index (χ3n) is 6.82. The Labute approximate surface area is 219 Å². The minimum Gasteiger partial charge on any atom is -0.493 e. The number of benzene rings is 1. The van der Waals surface area contributed by atoms with Crippen LogP contribution < -0.4 is 4.74 Å². The standard InChI is InChI=1S/C26H31BrClN3O4/c27-21-3-1-2-4-24(29-19-21)30-8-5-26(6-9-30,31-10-13-34-14-11-31)7-12-35-23-16-20(17-25(32)33)15-22(28)18-23/h2-3,15-16,18-19H,4-14,17H2,(H,32,33)/b21-19+,29-24+. The molecule has 0 amide bonds. The number of halogens is 2. The van der Waals surface area contributed by atoms with Crippen molar-refractivity contribution < 1.29 is 19.4 Å². The zero-order valence-electron chi connectivity index (χ0n) is 19.7. The lowest BCUT2D eigenvalue weighted by Gasteiger charge is -2.50. The number of aliphatic carboxylic acids is 1. The molecule has 9 heteroatoms. The van der Waals surface area contributed by atoms with Crippen molar-refractivity contribution in [2.75, 3.05) is 46.0 Å². The number of morpholine rings is 1. The first-order chi connectivity index (χ1) is 16.9. The van der Waals surface area contributed by atoms with E-state index in [0.717, 1.165) is 75.4 Å². The maximum Gasteiger partial charge on any atom is 0.307 e. The van der Waals surface area contributed by atoms with E-state index in [9.17, 15) is 4.79 Å². The van der Waals surface area contributed by atoms with Crippen LogP contribution in [0.4, 0.5) is 0 Å². The Kier molecular flexibility index (Phi) is 9.09. The van der Waals surface area contributed by atoms with Gasteiger partial charge in [0.15, 0.2) is 0 Å². The first-order valence-electron chi connectivity index (χ1n) is 12.0. The fraction of sp³-hybridized carbons (Fsp3) is 0.500. The minimum atomic E-state index is -0.889. The molecule has 0 radical (unpaired) electrons. The van der Waals surface area contributed by atoms with E-state index in [4.69, 9.17) is 31.2 Å². The number of nitrogens with zero attached hydrogens (tertiary/aromatic N) is 3. The monoisotopic (exact) mass is 563 g/mol. The van der Waals surface area contributed by atoms with Crippen molar-refractivity contribution in [1.82, 2.24) is 9.80 Å². The van der Waals surface area contributed by atoms with E-state index >= 15 is 0 Å². The molecule has 0 bridgehead atoms. The van der Waals surface area contributed by atoms with Gasteiger partial charge in [-0.2, -0.15) is 0 Å². The molecule has 4 rings (SSSR count). The number of rotatable bonds is 7. The van der Waals surface area contributed by atoms with Crippen molar-refractivity contribution >= 4 is 39.3 Å². The van der Waals surface area contributed by atoms with Crippen molar-refractivity contribution in [3.63, 3.8) is 0 Å². The predicted octanol–water partition coefficient (Wildman–Crippen LogP) is 4.65. The summed E-state index contributed by atoms with van der Waals surface area (Å²) in [6.45, 7) is 5.74. The van der Waals surface area contributed by atoms with Crippen molar-refractivity contribution in [2.24, 2.45) is 4.99 Å². The van der Waals surface area contributed by atoms with Crippen LogP contribution in [0.5, 0.6) is 5.75 Å². The first-order valence-corrected chi connectivity index (χ1v) is 13.2. The van der Waals surface area contributed by atoms with Gasteiger partial charge in [0, 0.05) is 53.8 Å². The lowest BCUT2D eigenvalue weighted by atomic mass is 9.82. The fourth-order valence-corrected chi connectivity index (χ4v) is 5.49. The van der Waals surface area contributed by atoms with Gasteiger partial charge in [0.2, 0.25) is 0 Å².